The molecule has 0 aliphatic rings. The van der Waals surface area contributed by atoms with E-state index in [2.05, 4.69) is 49.5 Å². The first kappa shape index (κ1) is 18.3. The fourth-order valence-electron chi connectivity index (χ4n) is 2.57. The van der Waals surface area contributed by atoms with Gasteiger partial charge in [0.25, 0.3) is 0 Å². The molecule has 3 nitrogen and oxygen atoms in total. The molecule has 0 heterocycles. The van der Waals surface area contributed by atoms with Gasteiger partial charge in [0.15, 0.2) is 0 Å². The van der Waals surface area contributed by atoms with E-state index < -0.39 is 0 Å². The average molecular weight is 326 g/mol. The summed E-state index contributed by atoms with van der Waals surface area (Å²) in [5.74, 6) is 0.764. The number of nitrogens with one attached hydrogen (secondary N) is 1. The van der Waals surface area contributed by atoms with E-state index in [4.69, 9.17) is 10.5 Å². The molecule has 0 amide bonds. The Morgan fingerprint density at radius 2 is 1.67 bits per heavy atom. The van der Waals surface area contributed by atoms with E-state index in [9.17, 15) is 0 Å². The summed E-state index contributed by atoms with van der Waals surface area (Å²) in [5, 5.41) is 3.47. The molecule has 0 spiro atoms. The number of hydrogen-bond acceptors (Lipinski definition) is 3. The van der Waals surface area contributed by atoms with Crippen molar-refractivity contribution in [3.05, 3.63) is 59.2 Å². The number of hydrogen-bond donors (Lipinski definition) is 2. The smallest absolute Gasteiger partial charge is 0.142 e. The van der Waals surface area contributed by atoms with Gasteiger partial charge in [-0.15, -0.1) is 0 Å². The lowest BCUT2D eigenvalue weighted by Gasteiger charge is -2.11. The molecule has 2 rings (SSSR count). The lowest BCUT2D eigenvalue weighted by molar-refractivity contribution is 0.308. The molecule has 0 unspecified atom stereocenters. The van der Waals surface area contributed by atoms with Crippen LogP contribution in [0.3, 0.4) is 0 Å². The van der Waals surface area contributed by atoms with Crippen molar-refractivity contribution in [3.63, 3.8) is 0 Å². The Kier molecular flexibility index (Phi) is 7.63. The zero-order valence-corrected chi connectivity index (χ0v) is 15.0. The van der Waals surface area contributed by atoms with Crippen molar-refractivity contribution in [2.75, 3.05) is 18.8 Å². The fourth-order valence-corrected chi connectivity index (χ4v) is 2.57. The molecule has 3 heteroatoms. The van der Waals surface area contributed by atoms with Crippen LogP contribution in [0, 0.1) is 6.92 Å². The van der Waals surface area contributed by atoms with Crippen LogP contribution in [0.1, 0.15) is 42.9 Å². The number of anilines is 1. The number of unbranched alkanes of at least 4 members (excludes halogenated alkanes) is 1. The topological polar surface area (TPSA) is 47.3 Å². The molecular weight excluding hydrogens is 296 g/mol. The predicted octanol–water partition coefficient (Wildman–Crippen LogP) is 4.48. The van der Waals surface area contributed by atoms with Gasteiger partial charge >= 0.3 is 0 Å². The zero-order chi connectivity index (χ0) is 17.2. The van der Waals surface area contributed by atoms with Crippen molar-refractivity contribution in [1.29, 1.82) is 0 Å². The third kappa shape index (κ3) is 6.25. The summed E-state index contributed by atoms with van der Waals surface area (Å²) >= 11 is 0. The second-order valence-electron chi connectivity index (χ2n) is 6.35. The molecule has 0 atom stereocenters. The Balaban J connectivity index is 1.77. The van der Waals surface area contributed by atoms with Crippen LogP contribution in [0.15, 0.2) is 42.5 Å². The second-order valence-corrected chi connectivity index (χ2v) is 6.35. The Bertz CT molecular complexity index is 608. The highest BCUT2D eigenvalue weighted by Gasteiger charge is 2.03. The summed E-state index contributed by atoms with van der Waals surface area (Å²) in [5.41, 5.74) is 10.5. The minimum Gasteiger partial charge on any atom is -0.487 e. The molecule has 0 radical (unpaired) electrons. The second kappa shape index (κ2) is 9.99. The van der Waals surface area contributed by atoms with Gasteiger partial charge in [-0.1, -0.05) is 49.2 Å². The Morgan fingerprint density at radius 1 is 0.958 bits per heavy atom. The summed E-state index contributed by atoms with van der Waals surface area (Å²) < 4.78 is 5.85. The van der Waals surface area contributed by atoms with E-state index in [1.807, 2.05) is 12.1 Å². The van der Waals surface area contributed by atoms with Crippen molar-refractivity contribution < 1.29 is 4.74 Å². The van der Waals surface area contributed by atoms with E-state index in [1.54, 1.807) is 0 Å². The molecule has 0 aromatic heterocycles. The van der Waals surface area contributed by atoms with Crippen molar-refractivity contribution in [3.8, 4) is 5.75 Å². The molecule has 0 aliphatic carbocycles. The monoisotopic (exact) mass is 326 g/mol. The third-order valence-corrected chi connectivity index (χ3v) is 4.12. The van der Waals surface area contributed by atoms with Gasteiger partial charge in [-0.25, -0.2) is 0 Å². The van der Waals surface area contributed by atoms with Crippen molar-refractivity contribution >= 4 is 5.69 Å². The summed E-state index contributed by atoms with van der Waals surface area (Å²) in [7, 11) is 0. The van der Waals surface area contributed by atoms with E-state index in [0.717, 1.165) is 42.9 Å². The van der Waals surface area contributed by atoms with Gasteiger partial charge in [-0.2, -0.15) is 0 Å². The van der Waals surface area contributed by atoms with Crippen molar-refractivity contribution in [2.45, 2.75) is 46.1 Å². The molecule has 130 valence electrons. The van der Waals surface area contributed by atoms with Crippen LogP contribution < -0.4 is 15.8 Å². The molecule has 24 heavy (non-hydrogen) atoms. The number of ether oxygens (including phenoxy) is 1. The van der Waals surface area contributed by atoms with Crippen LogP contribution in [-0.2, 0) is 13.0 Å². The predicted molar refractivity (Wildman–Crippen MR) is 102 cm³/mol. The van der Waals surface area contributed by atoms with Crippen LogP contribution in [0.2, 0.25) is 0 Å². The summed E-state index contributed by atoms with van der Waals surface area (Å²) in [6.07, 6.45) is 4.67. The third-order valence-electron chi connectivity index (χ3n) is 4.12. The van der Waals surface area contributed by atoms with E-state index >= 15 is 0 Å². The van der Waals surface area contributed by atoms with E-state index in [-0.39, 0.29) is 0 Å². The van der Waals surface area contributed by atoms with Gasteiger partial charge in [0.1, 0.15) is 12.4 Å². The van der Waals surface area contributed by atoms with Gasteiger partial charge in [-0.3, -0.25) is 0 Å². The number of nitrogens with two attached hydrogens (primary N) is 1. The maximum absolute atomic E-state index is 6.14. The lowest BCUT2D eigenvalue weighted by atomic mass is 10.1. The number of aryl methyl sites for hydroxylation is 2. The highest BCUT2D eigenvalue weighted by atomic mass is 16.5. The molecule has 3 N–H and O–H groups in total. The molecule has 2 aromatic carbocycles. The first-order valence-corrected chi connectivity index (χ1v) is 8.96. The normalized spacial score (nSPS) is 10.8. The quantitative estimate of drug-likeness (QED) is 0.500. The van der Waals surface area contributed by atoms with Gasteiger partial charge in [-0.05, 0) is 62.5 Å². The number of rotatable bonds is 10. The molecule has 0 fully saturated rings. The molecule has 0 saturated carbocycles. The Hall–Kier alpha value is -2.00. The van der Waals surface area contributed by atoms with E-state index in [0.29, 0.717) is 6.61 Å². The van der Waals surface area contributed by atoms with Gasteiger partial charge in [0.05, 0.1) is 5.69 Å². The van der Waals surface area contributed by atoms with Crippen molar-refractivity contribution in [1.82, 2.24) is 5.32 Å². The first-order chi connectivity index (χ1) is 11.7. The molecule has 0 aliphatic heterocycles. The van der Waals surface area contributed by atoms with Crippen LogP contribution in [0.25, 0.3) is 0 Å². The molecule has 0 saturated heterocycles. The number of benzene rings is 2. The van der Waals surface area contributed by atoms with Crippen molar-refractivity contribution in [2.24, 2.45) is 0 Å². The number of nitrogen functional groups attached to an aromatic ring is 1. The summed E-state index contributed by atoms with van der Waals surface area (Å²) in [6.45, 7) is 7.02. The molecule has 0 bridgehead atoms. The SMILES string of the molecule is CCCCNCCCc1ccc(OCc2ccc(C)cc2)c(N)c1. The maximum atomic E-state index is 6.14. The maximum Gasteiger partial charge on any atom is 0.142 e. The average Bonchev–Trinajstić information content (AvgIpc) is 2.59. The molecule has 2 aromatic rings. The molecular formula is C21H30N2O. The Morgan fingerprint density at radius 3 is 2.38 bits per heavy atom. The van der Waals surface area contributed by atoms with Crippen LogP contribution in [0.5, 0.6) is 5.75 Å². The zero-order valence-electron chi connectivity index (χ0n) is 15.0. The summed E-state index contributed by atoms with van der Waals surface area (Å²) in [4.78, 5) is 0. The lowest BCUT2D eigenvalue weighted by Crippen LogP contribution is -2.16. The summed E-state index contributed by atoms with van der Waals surface area (Å²) in [6, 6.07) is 14.5. The minimum atomic E-state index is 0.547. The minimum absolute atomic E-state index is 0.547. The van der Waals surface area contributed by atoms with Gasteiger partial charge < -0.3 is 15.8 Å². The van der Waals surface area contributed by atoms with Crippen LogP contribution in [-0.4, -0.2) is 13.1 Å². The van der Waals surface area contributed by atoms with Gasteiger partial charge in [0.2, 0.25) is 0 Å². The van der Waals surface area contributed by atoms with Gasteiger partial charge in [0, 0.05) is 0 Å². The first-order valence-electron chi connectivity index (χ1n) is 8.96. The largest absolute Gasteiger partial charge is 0.487 e. The fraction of sp³-hybridized carbons (Fsp3) is 0.429. The standard InChI is InChI=1S/C21H30N2O/c1-3-4-13-23-14-5-6-18-11-12-21(20(22)15-18)24-16-19-9-7-17(2)8-10-19/h7-12,15,23H,3-6,13-14,16,22H2,1-2H3. The highest BCUT2D eigenvalue weighted by Crippen LogP contribution is 2.24. The van der Waals surface area contributed by atoms with Crippen LogP contribution >= 0.6 is 0 Å². The Labute approximate surface area is 146 Å². The van der Waals surface area contributed by atoms with E-state index in [1.165, 1.54) is 24.0 Å². The highest BCUT2D eigenvalue weighted by molar-refractivity contribution is 5.54. The van der Waals surface area contributed by atoms with Crippen LogP contribution in [0.4, 0.5) is 5.69 Å².